The third-order valence-electron chi connectivity index (χ3n) is 4.40. The summed E-state index contributed by atoms with van der Waals surface area (Å²) < 4.78 is 5.73. The average molecular weight is 321 g/mol. The summed E-state index contributed by atoms with van der Waals surface area (Å²) >= 11 is 0. The molecule has 0 spiro atoms. The van der Waals surface area contributed by atoms with E-state index < -0.39 is 5.91 Å². The van der Waals surface area contributed by atoms with Gasteiger partial charge < -0.3 is 9.73 Å². The lowest BCUT2D eigenvalue weighted by atomic mass is 10.1. The van der Waals surface area contributed by atoms with Gasteiger partial charge in [-0.2, -0.15) is 0 Å². The molecule has 1 heterocycles. The first-order valence-electron chi connectivity index (χ1n) is 7.79. The Hall–Kier alpha value is -2.88. The molecule has 4 nitrogen and oxygen atoms in total. The fourth-order valence-corrected chi connectivity index (χ4v) is 2.58. The molecule has 4 heteroatoms. The van der Waals surface area contributed by atoms with Gasteiger partial charge in [0.05, 0.1) is 5.39 Å². The summed E-state index contributed by atoms with van der Waals surface area (Å²) in [6, 6.07) is 10.5. The van der Waals surface area contributed by atoms with Crippen molar-refractivity contribution in [1.29, 1.82) is 0 Å². The molecule has 0 unspecified atom stereocenters. The molecule has 0 bridgehead atoms. The number of carbonyl (C=O) groups is 1. The van der Waals surface area contributed by atoms with Crippen LogP contribution in [0.4, 0.5) is 5.69 Å². The summed E-state index contributed by atoms with van der Waals surface area (Å²) in [6.45, 7) is 7.81. The van der Waals surface area contributed by atoms with Crippen LogP contribution in [0.3, 0.4) is 0 Å². The van der Waals surface area contributed by atoms with Gasteiger partial charge in [0.25, 0.3) is 5.91 Å². The van der Waals surface area contributed by atoms with E-state index in [4.69, 9.17) is 4.42 Å². The van der Waals surface area contributed by atoms with Crippen LogP contribution in [0.1, 0.15) is 32.8 Å². The molecule has 3 aromatic rings. The summed E-state index contributed by atoms with van der Waals surface area (Å²) in [6.07, 6.45) is 0. The van der Waals surface area contributed by atoms with Gasteiger partial charge in [0.15, 0.2) is 11.2 Å². The number of benzene rings is 2. The molecule has 0 aliphatic heterocycles. The quantitative estimate of drug-likeness (QED) is 0.766. The Bertz CT molecular complexity index is 1020. The van der Waals surface area contributed by atoms with Crippen molar-refractivity contribution in [1.82, 2.24) is 0 Å². The first-order valence-corrected chi connectivity index (χ1v) is 7.79. The molecule has 0 saturated carbocycles. The first-order chi connectivity index (χ1) is 11.4. The van der Waals surface area contributed by atoms with Crippen molar-refractivity contribution in [3.63, 3.8) is 0 Å². The van der Waals surface area contributed by atoms with Gasteiger partial charge in [0.1, 0.15) is 5.58 Å². The van der Waals surface area contributed by atoms with Crippen LogP contribution in [-0.2, 0) is 0 Å². The normalized spacial score (nSPS) is 10.8. The standard InChI is InChI=1S/C20H19NO3/c1-11-5-7-15(9-13(11)3)21-20(23)18-10-17(22)16-8-6-12(2)14(4)19(16)24-18/h5-10H,1-4H3,(H,21,23). The zero-order valence-corrected chi connectivity index (χ0v) is 14.2. The Labute approximate surface area is 140 Å². The van der Waals surface area contributed by atoms with Crippen LogP contribution in [-0.4, -0.2) is 5.91 Å². The molecule has 0 aliphatic carbocycles. The van der Waals surface area contributed by atoms with Gasteiger partial charge in [-0.15, -0.1) is 0 Å². The Morgan fingerprint density at radius 2 is 1.62 bits per heavy atom. The SMILES string of the molecule is Cc1ccc(NC(=O)c2cc(=O)c3ccc(C)c(C)c3o2)cc1C. The Morgan fingerprint density at radius 1 is 0.917 bits per heavy atom. The van der Waals surface area contributed by atoms with Crippen molar-refractivity contribution in [2.45, 2.75) is 27.7 Å². The first kappa shape index (κ1) is 16.0. The lowest BCUT2D eigenvalue weighted by Gasteiger charge is -2.09. The van der Waals surface area contributed by atoms with Crippen molar-refractivity contribution in [2.24, 2.45) is 0 Å². The van der Waals surface area contributed by atoms with Gasteiger partial charge in [-0.1, -0.05) is 12.1 Å². The largest absolute Gasteiger partial charge is 0.450 e. The van der Waals surface area contributed by atoms with Crippen LogP contribution in [0, 0.1) is 27.7 Å². The predicted octanol–water partition coefficient (Wildman–Crippen LogP) is 4.28. The van der Waals surface area contributed by atoms with E-state index in [1.54, 1.807) is 6.07 Å². The molecular formula is C20H19NO3. The topological polar surface area (TPSA) is 59.3 Å². The lowest BCUT2D eigenvalue weighted by Crippen LogP contribution is -2.15. The number of hydrogen-bond donors (Lipinski definition) is 1. The van der Waals surface area contributed by atoms with E-state index in [9.17, 15) is 9.59 Å². The number of amides is 1. The molecule has 3 rings (SSSR count). The minimum Gasteiger partial charge on any atom is -0.450 e. The van der Waals surface area contributed by atoms with E-state index in [-0.39, 0.29) is 11.2 Å². The van der Waals surface area contributed by atoms with E-state index in [2.05, 4.69) is 5.32 Å². The Morgan fingerprint density at radius 3 is 2.33 bits per heavy atom. The van der Waals surface area contributed by atoms with Gasteiger partial charge in [-0.3, -0.25) is 9.59 Å². The van der Waals surface area contributed by atoms with E-state index >= 15 is 0 Å². The molecule has 1 N–H and O–H groups in total. The molecule has 2 aromatic carbocycles. The zero-order chi connectivity index (χ0) is 17.4. The monoisotopic (exact) mass is 321 g/mol. The fourth-order valence-electron chi connectivity index (χ4n) is 2.58. The maximum absolute atomic E-state index is 12.5. The highest BCUT2D eigenvalue weighted by molar-refractivity contribution is 6.03. The maximum atomic E-state index is 12.5. The minimum absolute atomic E-state index is 0.0134. The highest BCUT2D eigenvalue weighted by atomic mass is 16.3. The molecule has 1 aromatic heterocycles. The number of carbonyl (C=O) groups excluding carboxylic acids is 1. The molecule has 0 radical (unpaired) electrons. The average Bonchev–Trinajstić information content (AvgIpc) is 2.54. The van der Waals surface area contributed by atoms with Crippen LogP contribution < -0.4 is 10.7 Å². The zero-order valence-electron chi connectivity index (χ0n) is 14.2. The van der Waals surface area contributed by atoms with Crippen molar-refractivity contribution >= 4 is 22.6 Å². The highest BCUT2D eigenvalue weighted by Crippen LogP contribution is 2.21. The molecule has 0 saturated heterocycles. The maximum Gasteiger partial charge on any atom is 0.291 e. The molecule has 1 amide bonds. The number of aryl methyl sites for hydroxylation is 4. The fraction of sp³-hybridized carbons (Fsp3) is 0.200. The number of hydrogen-bond acceptors (Lipinski definition) is 3. The van der Waals surface area contributed by atoms with E-state index in [1.807, 2.05) is 52.0 Å². The van der Waals surface area contributed by atoms with Gasteiger partial charge in [0.2, 0.25) is 0 Å². The molecule has 0 fully saturated rings. The third-order valence-corrected chi connectivity index (χ3v) is 4.40. The van der Waals surface area contributed by atoms with Gasteiger partial charge in [-0.25, -0.2) is 0 Å². The van der Waals surface area contributed by atoms with Crippen molar-refractivity contribution in [3.8, 4) is 0 Å². The number of nitrogens with one attached hydrogen (secondary N) is 1. The van der Waals surface area contributed by atoms with Crippen LogP contribution >= 0.6 is 0 Å². The Balaban J connectivity index is 2.02. The van der Waals surface area contributed by atoms with Crippen molar-refractivity contribution in [2.75, 3.05) is 5.32 Å². The van der Waals surface area contributed by atoms with E-state index in [0.717, 1.165) is 22.3 Å². The lowest BCUT2D eigenvalue weighted by molar-refractivity contribution is 0.0997. The molecule has 0 atom stereocenters. The second-order valence-electron chi connectivity index (χ2n) is 6.11. The smallest absolute Gasteiger partial charge is 0.291 e. The van der Waals surface area contributed by atoms with Crippen LogP contribution in [0.15, 0.2) is 45.6 Å². The van der Waals surface area contributed by atoms with Gasteiger partial charge in [0, 0.05) is 11.8 Å². The highest BCUT2D eigenvalue weighted by Gasteiger charge is 2.14. The third kappa shape index (κ3) is 2.83. The molecule has 122 valence electrons. The summed E-state index contributed by atoms with van der Waals surface area (Å²) in [5.41, 5.74) is 5.03. The van der Waals surface area contributed by atoms with Crippen LogP contribution in [0.5, 0.6) is 0 Å². The summed E-state index contributed by atoms with van der Waals surface area (Å²) in [5.74, 6) is -0.419. The molecule has 24 heavy (non-hydrogen) atoms. The number of anilines is 1. The van der Waals surface area contributed by atoms with Crippen LogP contribution in [0.2, 0.25) is 0 Å². The van der Waals surface area contributed by atoms with Crippen LogP contribution in [0.25, 0.3) is 11.0 Å². The summed E-state index contributed by atoms with van der Waals surface area (Å²) in [7, 11) is 0. The molecular weight excluding hydrogens is 302 g/mol. The second-order valence-corrected chi connectivity index (χ2v) is 6.11. The van der Waals surface area contributed by atoms with Gasteiger partial charge in [-0.05, 0) is 68.1 Å². The summed E-state index contributed by atoms with van der Waals surface area (Å²) in [5, 5.41) is 3.27. The van der Waals surface area contributed by atoms with Gasteiger partial charge >= 0.3 is 0 Å². The molecule has 0 aliphatic rings. The number of fused-ring (bicyclic) bond motifs is 1. The van der Waals surface area contributed by atoms with Crippen molar-refractivity contribution < 1.29 is 9.21 Å². The second kappa shape index (κ2) is 5.96. The summed E-state index contributed by atoms with van der Waals surface area (Å²) in [4.78, 5) is 24.7. The van der Waals surface area contributed by atoms with Crippen molar-refractivity contribution in [3.05, 3.63) is 74.6 Å². The Kier molecular flexibility index (Phi) is 3.97. The van der Waals surface area contributed by atoms with E-state index in [0.29, 0.717) is 16.7 Å². The minimum atomic E-state index is -0.432. The van der Waals surface area contributed by atoms with E-state index in [1.165, 1.54) is 6.07 Å². The number of rotatable bonds is 2. The predicted molar refractivity (Wildman–Crippen MR) is 95.8 cm³/mol.